The van der Waals surface area contributed by atoms with Crippen LogP contribution in [0.5, 0.6) is 0 Å². The Labute approximate surface area is 110 Å². The number of anilines is 1. The second-order valence-corrected chi connectivity index (χ2v) is 6.14. The summed E-state index contributed by atoms with van der Waals surface area (Å²) >= 11 is 4.03. The molecule has 0 saturated carbocycles. The first-order valence-electron chi connectivity index (χ1n) is 5.69. The molecule has 1 fully saturated rings. The molecule has 17 heavy (non-hydrogen) atoms. The predicted molar refractivity (Wildman–Crippen MR) is 78.9 cm³/mol. The van der Waals surface area contributed by atoms with E-state index in [1.54, 1.807) is 0 Å². The van der Waals surface area contributed by atoms with E-state index in [0.717, 1.165) is 17.3 Å². The van der Waals surface area contributed by atoms with Crippen LogP contribution in [0.1, 0.15) is 0 Å². The van der Waals surface area contributed by atoms with Crippen LogP contribution in [0.3, 0.4) is 0 Å². The van der Waals surface area contributed by atoms with Gasteiger partial charge in [-0.15, -0.1) is 23.5 Å². The summed E-state index contributed by atoms with van der Waals surface area (Å²) in [7, 11) is 0. The van der Waals surface area contributed by atoms with Gasteiger partial charge in [0.25, 0.3) is 0 Å². The summed E-state index contributed by atoms with van der Waals surface area (Å²) in [4.78, 5) is 6.80. The molecule has 88 valence electrons. The van der Waals surface area contributed by atoms with Crippen molar-refractivity contribution < 1.29 is 0 Å². The van der Waals surface area contributed by atoms with Crippen LogP contribution in [0.2, 0.25) is 0 Å². The Morgan fingerprint density at radius 3 is 2.71 bits per heavy atom. The number of benzene rings is 1. The normalized spacial score (nSPS) is 17.1. The lowest BCUT2D eigenvalue weighted by molar-refractivity contribution is 1.07. The van der Waals surface area contributed by atoms with Crippen molar-refractivity contribution in [3.8, 4) is 0 Å². The van der Waals surface area contributed by atoms with Crippen molar-refractivity contribution in [2.45, 2.75) is 0 Å². The second-order valence-electron chi connectivity index (χ2n) is 3.99. The lowest BCUT2D eigenvalue weighted by atomic mass is 10.2. The van der Waals surface area contributed by atoms with E-state index >= 15 is 0 Å². The number of hydrogen-bond acceptors (Lipinski definition) is 4. The minimum Gasteiger partial charge on any atom is -0.353 e. The molecular formula is C13H14N2S2. The summed E-state index contributed by atoms with van der Waals surface area (Å²) in [5, 5.41) is 1.23. The van der Waals surface area contributed by atoms with Crippen LogP contribution in [-0.2, 0) is 0 Å². The van der Waals surface area contributed by atoms with Gasteiger partial charge in [0.2, 0.25) is 0 Å². The quantitative estimate of drug-likeness (QED) is 0.782. The first kappa shape index (κ1) is 11.2. The molecule has 0 bridgehead atoms. The van der Waals surface area contributed by atoms with Crippen LogP contribution in [-0.4, -0.2) is 28.2 Å². The molecule has 1 saturated heterocycles. The summed E-state index contributed by atoms with van der Waals surface area (Å²) in [6.45, 7) is 0. The summed E-state index contributed by atoms with van der Waals surface area (Å²) in [5.74, 6) is 4.71. The molecule has 4 heteroatoms. The number of pyridine rings is 1. The van der Waals surface area contributed by atoms with E-state index < -0.39 is 0 Å². The summed E-state index contributed by atoms with van der Waals surface area (Å²) in [6.07, 6.45) is 1.85. The van der Waals surface area contributed by atoms with Gasteiger partial charge in [0.05, 0.1) is 17.3 Å². The largest absolute Gasteiger partial charge is 0.353 e. The minimum absolute atomic E-state index is 1.08. The van der Waals surface area contributed by atoms with Gasteiger partial charge in [-0.3, -0.25) is 4.98 Å². The van der Waals surface area contributed by atoms with E-state index in [-0.39, 0.29) is 0 Å². The van der Waals surface area contributed by atoms with Crippen molar-refractivity contribution in [2.24, 2.45) is 0 Å². The fourth-order valence-electron chi connectivity index (χ4n) is 1.91. The maximum Gasteiger partial charge on any atom is 0.0703 e. The Morgan fingerprint density at radius 2 is 1.88 bits per heavy atom. The van der Waals surface area contributed by atoms with Gasteiger partial charge in [-0.2, -0.15) is 0 Å². The maximum absolute atomic E-state index is 4.36. The Hall–Kier alpha value is -0.870. The topological polar surface area (TPSA) is 16.1 Å². The summed E-state index contributed by atoms with van der Waals surface area (Å²) in [6, 6.07) is 10.7. The molecule has 0 amide bonds. The molecule has 0 aliphatic carbocycles. The van der Waals surface area contributed by atoms with Crippen LogP contribution in [0.15, 0.2) is 36.5 Å². The zero-order valence-corrected chi connectivity index (χ0v) is 11.1. The zero-order chi connectivity index (χ0) is 11.5. The molecule has 0 radical (unpaired) electrons. The van der Waals surface area contributed by atoms with Gasteiger partial charge in [0.1, 0.15) is 0 Å². The SMILES string of the molecule is c1cnc2ccc(N3CSCCSC3)cc2c1. The third kappa shape index (κ3) is 2.53. The van der Waals surface area contributed by atoms with Crippen LogP contribution in [0, 0.1) is 0 Å². The van der Waals surface area contributed by atoms with E-state index in [2.05, 4.69) is 34.1 Å². The van der Waals surface area contributed by atoms with Crippen LogP contribution in [0.25, 0.3) is 10.9 Å². The molecule has 0 unspecified atom stereocenters. The Balaban J connectivity index is 1.93. The molecule has 0 atom stereocenters. The van der Waals surface area contributed by atoms with Crippen molar-refractivity contribution in [1.29, 1.82) is 0 Å². The Kier molecular flexibility index (Phi) is 3.43. The number of nitrogens with zero attached hydrogens (tertiary/aromatic N) is 2. The Bertz CT molecular complexity index is 508. The third-order valence-corrected chi connectivity index (χ3v) is 5.05. The number of thioether (sulfide) groups is 2. The fraction of sp³-hybridized carbons (Fsp3) is 0.308. The lowest BCUT2D eigenvalue weighted by Crippen LogP contribution is -2.20. The number of fused-ring (bicyclic) bond motifs is 1. The predicted octanol–water partition coefficient (Wildman–Crippen LogP) is 3.44. The maximum atomic E-state index is 4.36. The van der Waals surface area contributed by atoms with Gasteiger partial charge < -0.3 is 4.90 Å². The third-order valence-electron chi connectivity index (χ3n) is 2.82. The summed E-state index contributed by atoms with van der Waals surface area (Å²) < 4.78 is 0. The number of rotatable bonds is 1. The highest BCUT2D eigenvalue weighted by atomic mass is 32.2. The smallest absolute Gasteiger partial charge is 0.0703 e. The Morgan fingerprint density at radius 1 is 1.06 bits per heavy atom. The number of aromatic nitrogens is 1. The molecule has 2 aromatic rings. The van der Waals surface area contributed by atoms with Crippen molar-refractivity contribution in [2.75, 3.05) is 28.2 Å². The highest BCUT2D eigenvalue weighted by Gasteiger charge is 2.10. The van der Waals surface area contributed by atoms with Crippen molar-refractivity contribution in [1.82, 2.24) is 4.98 Å². The van der Waals surface area contributed by atoms with E-state index in [9.17, 15) is 0 Å². The summed E-state index contributed by atoms with van der Waals surface area (Å²) in [5.41, 5.74) is 2.39. The van der Waals surface area contributed by atoms with E-state index in [1.807, 2.05) is 35.8 Å². The monoisotopic (exact) mass is 262 g/mol. The van der Waals surface area contributed by atoms with Gasteiger partial charge >= 0.3 is 0 Å². The van der Waals surface area contributed by atoms with Crippen LogP contribution >= 0.6 is 23.5 Å². The average molecular weight is 262 g/mol. The van der Waals surface area contributed by atoms with Gasteiger partial charge in [-0.05, 0) is 24.3 Å². The molecule has 2 nitrogen and oxygen atoms in total. The standard InChI is InChI=1S/C13H14N2S2/c1-2-11-8-12(3-4-13(11)14-5-1)15-9-16-6-7-17-10-15/h1-5,8H,6-7,9-10H2. The molecule has 3 rings (SSSR count). The van der Waals surface area contributed by atoms with Crippen molar-refractivity contribution in [3.05, 3.63) is 36.5 Å². The molecule has 0 N–H and O–H groups in total. The van der Waals surface area contributed by atoms with E-state index in [1.165, 1.54) is 22.6 Å². The molecular weight excluding hydrogens is 248 g/mol. The van der Waals surface area contributed by atoms with E-state index in [4.69, 9.17) is 0 Å². The fourth-order valence-corrected chi connectivity index (χ4v) is 4.15. The van der Waals surface area contributed by atoms with Gasteiger partial charge in [-0.25, -0.2) is 0 Å². The van der Waals surface area contributed by atoms with Gasteiger partial charge in [0, 0.05) is 28.8 Å². The molecule has 1 aliphatic rings. The number of hydrogen-bond donors (Lipinski definition) is 0. The lowest BCUT2D eigenvalue weighted by Gasteiger charge is -2.21. The molecule has 1 aliphatic heterocycles. The van der Waals surface area contributed by atoms with Crippen molar-refractivity contribution in [3.63, 3.8) is 0 Å². The molecule has 2 heterocycles. The first-order valence-corrected chi connectivity index (χ1v) is 8.00. The van der Waals surface area contributed by atoms with Gasteiger partial charge in [0.15, 0.2) is 0 Å². The molecule has 1 aromatic carbocycles. The second kappa shape index (κ2) is 5.19. The highest BCUT2D eigenvalue weighted by molar-refractivity contribution is 8.03. The molecule has 0 spiro atoms. The average Bonchev–Trinajstić information content (AvgIpc) is 2.67. The van der Waals surface area contributed by atoms with Gasteiger partial charge in [-0.1, -0.05) is 6.07 Å². The first-order chi connectivity index (χ1) is 8.43. The van der Waals surface area contributed by atoms with Crippen LogP contribution in [0.4, 0.5) is 5.69 Å². The van der Waals surface area contributed by atoms with Crippen molar-refractivity contribution >= 4 is 40.1 Å². The molecule has 1 aromatic heterocycles. The highest BCUT2D eigenvalue weighted by Crippen LogP contribution is 2.26. The minimum atomic E-state index is 1.08. The van der Waals surface area contributed by atoms with Crippen LogP contribution < -0.4 is 4.90 Å². The van der Waals surface area contributed by atoms with E-state index in [0.29, 0.717) is 0 Å². The zero-order valence-electron chi connectivity index (χ0n) is 9.50.